The molecule has 1 aromatic rings. The fourth-order valence-corrected chi connectivity index (χ4v) is 3.51. The van der Waals surface area contributed by atoms with Gasteiger partial charge in [0.05, 0.1) is 18.1 Å². The molecule has 7 nitrogen and oxygen atoms in total. The van der Waals surface area contributed by atoms with Crippen molar-refractivity contribution >= 4 is 21.8 Å². The number of carbonyl (C=O) groups is 1. The standard InChI is InChI=1S/C11H15N3O4S/c1-2-18-10(15)9-3-5-12-11(14-9)13-8-4-6-19(16,17)7-8/h3,5,8H,2,4,6-7H2,1H3,(H,12,13,14). The van der Waals surface area contributed by atoms with Crippen LogP contribution in [-0.2, 0) is 14.6 Å². The fourth-order valence-electron chi connectivity index (χ4n) is 1.84. The van der Waals surface area contributed by atoms with E-state index in [1.807, 2.05) is 0 Å². The zero-order chi connectivity index (χ0) is 13.9. The Labute approximate surface area is 111 Å². The summed E-state index contributed by atoms with van der Waals surface area (Å²) in [5.74, 6) is -0.0398. The molecule has 1 aromatic heterocycles. The van der Waals surface area contributed by atoms with Crippen molar-refractivity contribution < 1.29 is 17.9 Å². The molecule has 104 valence electrons. The highest BCUT2D eigenvalue weighted by molar-refractivity contribution is 7.91. The fraction of sp³-hybridized carbons (Fsp3) is 0.545. The molecule has 1 saturated heterocycles. The Hall–Kier alpha value is -1.70. The van der Waals surface area contributed by atoms with Gasteiger partial charge in [0.2, 0.25) is 5.95 Å². The monoisotopic (exact) mass is 285 g/mol. The normalized spacial score (nSPS) is 21.0. The van der Waals surface area contributed by atoms with E-state index in [1.165, 1.54) is 12.3 Å². The van der Waals surface area contributed by atoms with Crippen LogP contribution in [0, 0.1) is 0 Å². The Morgan fingerprint density at radius 3 is 3.00 bits per heavy atom. The summed E-state index contributed by atoms with van der Waals surface area (Å²) < 4.78 is 27.5. The Kier molecular flexibility index (Phi) is 3.98. The zero-order valence-electron chi connectivity index (χ0n) is 10.5. The second kappa shape index (κ2) is 5.52. The van der Waals surface area contributed by atoms with E-state index in [4.69, 9.17) is 4.74 Å². The summed E-state index contributed by atoms with van der Waals surface area (Å²) in [6.45, 7) is 1.98. The Bertz CT molecular complexity index is 573. The van der Waals surface area contributed by atoms with Gasteiger partial charge in [0, 0.05) is 12.2 Å². The molecule has 1 unspecified atom stereocenters. The molecule has 0 bridgehead atoms. The smallest absolute Gasteiger partial charge is 0.357 e. The molecule has 1 atom stereocenters. The first kappa shape index (κ1) is 13.7. The summed E-state index contributed by atoms with van der Waals surface area (Å²) >= 11 is 0. The molecule has 1 fully saturated rings. The molecule has 2 rings (SSSR count). The number of hydrogen-bond donors (Lipinski definition) is 1. The third-order valence-electron chi connectivity index (χ3n) is 2.71. The van der Waals surface area contributed by atoms with E-state index in [2.05, 4.69) is 15.3 Å². The Balaban J connectivity index is 2.05. The number of aromatic nitrogens is 2. The summed E-state index contributed by atoms with van der Waals surface area (Å²) in [5.41, 5.74) is 0.153. The number of anilines is 1. The number of carbonyl (C=O) groups excluding carboxylic acids is 1. The molecule has 0 aliphatic carbocycles. The van der Waals surface area contributed by atoms with Crippen LogP contribution in [-0.4, -0.2) is 48.5 Å². The molecule has 0 amide bonds. The molecule has 1 aliphatic heterocycles. The topological polar surface area (TPSA) is 98.2 Å². The lowest BCUT2D eigenvalue weighted by atomic mass is 10.3. The van der Waals surface area contributed by atoms with Crippen molar-refractivity contribution in [2.45, 2.75) is 19.4 Å². The number of nitrogens with one attached hydrogen (secondary N) is 1. The number of ether oxygens (including phenoxy) is 1. The Morgan fingerprint density at radius 1 is 1.58 bits per heavy atom. The minimum absolute atomic E-state index is 0.0694. The van der Waals surface area contributed by atoms with Gasteiger partial charge in [0.25, 0.3) is 0 Å². The summed E-state index contributed by atoms with van der Waals surface area (Å²) in [6, 6.07) is 1.25. The van der Waals surface area contributed by atoms with E-state index in [9.17, 15) is 13.2 Å². The summed E-state index contributed by atoms with van der Waals surface area (Å²) in [7, 11) is -2.96. The number of nitrogens with zero attached hydrogens (tertiary/aromatic N) is 2. The number of hydrogen-bond acceptors (Lipinski definition) is 7. The predicted molar refractivity (Wildman–Crippen MR) is 68.7 cm³/mol. The lowest BCUT2D eigenvalue weighted by molar-refractivity contribution is 0.0519. The number of sulfone groups is 1. The van der Waals surface area contributed by atoms with Crippen LogP contribution < -0.4 is 5.32 Å². The second-order valence-electron chi connectivity index (χ2n) is 4.23. The SMILES string of the molecule is CCOC(=O)c1ccnc(NC2CCS(=O)(=O)C2)n1. The lowest BCUT2D eigenvalue weighted by Crippen LogP contribution is -2.22. The van der Waals surface area contributed by atoms with Crippen LogP contribution in [0.4, 0.5) is 5.95 Å². The van der Waals surface area contributed by atoms with E-state index in [1.54, 1.807) is 6.92 Å². The van der Waals surface area contributed by atoms with Crippen LogP contribution in [0.1, 0.15) is 23.8 Å². The van der Waals surface area contributed by atoms with E-state index >= 15 is 0 Å². The van der Waals surface area contributed by atoms with Gasteiger partial charge in [-0.05, 0) is 19.4 Å². The van der Waals surface area contributed by atoms with Gasteiger partial charge in [-0.2, -0.15) is 0 Å². The van der Waals surface area contributed by atoms with Crippen molar-refractivity contribution in [2.24, 2.45) is 0 Å². The molecule has 1 N–H and O–H groups in total. The third kappa shape index (κ3) is 3.63. The van der Waals surface area contributed by atoms with Crippen LogP contribution in [0.5, 0.6) is 0 Å². The molecular formula is C11H15N3O4S. The maximum absolute atomic E-state index is 11.5. The molecular weight excluding hydrogens is 270 g/mol. The largest absolute Gasteiger partial charge is 0.461 e. The Morgan fingerprint density at radius 2 is 2.37 bits per heavy atom. The predicted octanol–water partition coefficient (Wildman–Crippen LogP) is 0.252. The van der Waals surface area contributed by atoms with Gasteiger partial charge in [0.15, 0.2) is 15.5 Å². The molecule has 19 heavy (non-hydrogen) atoms. The van der Waals surface area contributed by atoms with Gasteiger partial charge in [-0.25, -0.2) is 23.2 Å². The molecule has 0 aromatic carbocycles. The first-order valence-corrected chi connectivity index (χ1v) is 7.79. The van der Waals surface area contributed by atoms with Crippen LogP contribution >= 0.6 is 0 Å². The molecule has 1 aliphatic rings. The molecule has 0 saturated carbocycles. The van der Waals surface area contributed by atoms with Crippen LogP contribution in [0.25, 0.3) is 0 Å². The highest BCUT2D eigenvalue weighted by Gasteiger charge is 2.28. The van der Waals surface area contributed by atoms with Crippen molar-refractivity contribution in [3.05, 3.63) is 18.0 Å². The van der Waals surface area contributed by atoms with Crippen molar-refractivity contribution in [1.82, 2.24) is 9.97 Å². The number of rotatable bonds is 4. The van der Waals surface area contributed by atoms with E-state index < -0.39 is 15.8 Å². The third-order valence-corrected chi connectivity index (χ3v) is 4.47. The zero-order valence-corrected chi connectivity index (χ0v) is 11.3. The highest BCUT2D eigenvalue weighted by Crippen LogP contribution is 2.15. The van der Waals surface area contributed by atoms with Gasteiger partial charge >= 0.3 is 5.97 Å². The molecule has 0 spiro atoms. The first-order valence-electron chi connectivity index (χ1n) is 5.97. The van der Waals surface area contributed by atoms with Crippen molar-refractivity contribution in [3.63, 3.8) is 0 Å². The van der Waals surface area contributed by atoms with E-state index in [0.29, 0.717) is 6.42 Å². The lowest BCUT2D eigenvalue weighted by Gasteiger charge is -2.10. The van der Waals surface area contributed by atoms with Gasteiger partial charge in [-0.1, -0.05) is 0 Å². The average Bonchev–Trinajstić information content (AvgIpc) is 2.69. The molecule has 8 heteroatoms. The number of esters is 1. The summed E-state index contributed by atoms with van der Waals surface area (Å²) in [6.07, 6.45) is 1.96. The summed E-state index contributed by atoms with van der Waals surface area (Å²) in [4.78, 5) is 19.5. The van der Waals surface area contributed by atoms with Crippen molar-refractivity contribution in [2.75, 3.05) is 23.4 Å². The summed E-state index contributed by atoms with van der Waals surface area (Å²) in [5, 5.41) is 2.92. The highest BCUT2D eigenvalue weighted by atomic mass is 32.2. The van der Waals surface area contributed by atoms with E-state index in [0.717, 1.165) is 0 Å². The van der Waals surface area contributed by atoms with Gasteiger partial charge in [-0.3, -0.25) is 0 Å². The van der Waals surface area contributed by atoms with Crippen molar-refractivity contribution in [3.8, 4) is 0 Å². The maximum atomic E-state index is 11.5. The van der Waals surface area contributed by atoms with Crippen LogP contribution in [0.2, 0.25) is 0 Å². The molecule has 0 radical (unpaired) electrons. The second-order valence-corrected chi connectivity index (χ2v) is 6.46. The molecule has 2 heterocycles. The van der Waals surface area contributed by atoms with Gasteiger partial charge < -0.3 is 10.1 Å². The van der Waals surface area contributed by atoms with Crippen molar-refractivity contribution in [1.29, 1.82) is 0 Å². The van der Waals surface area contributed by atoms with E-state index in [-0.39, 0.29) is 35.8 Å². The minimum atomic E-state index is -2.96. The minimum Gasteiger partial charge on any atom is -0.461 e. The first-order chi connectivity index (χ1) is 9.00. The van der Waals surface area contributed by atoms with Crippen LogP contribution in [0.15, 0.2) is 12.3 Å². The van der Waals surface area contributed by atoms with Gasteiger partial charge in [-0.15, -0.1) is 0 Å². The maximum Gasteiger partial charge on any atom is 0.357 e. The quantitative estimate of drug-likeness (QED) is 0.792. The average molecular weight is 285 g/mol. The van der Waals surface area contributed by atoms with Crippen LogP contribution in [0.3, 0.4) is 0 Å². The van der Waals surface area contributed by atoms with Gasteiger partial charge in [0.1, 0.15) is 0 Å².